The first-order chi connectivity index (χ1) is 11.1. The Morgan fingerprint density at radius 1 is 1.17 bits per heavy atom. The average Bonchev–Trinajstić information content (AvgIpc) is 2.87. The van der Waals surface area contributed by atoms with Crippen molar-refractivity contribution in [2.45, 2.75) is 19.4 Å². The quantitative estimate of drug-likeness (QED) is 0.720. The first-order valence-corrected chi connectivity index (χ1v) is 7.83. The number of rotatable bonds is 1. The van der Waals surface area contributed by atoms with E-state index in [1.165, 1.54) is 6.07 Å². The fourth-order valence-electron chi connectivity index (χ4n) is 3.42. The summed E-state index contributed by atoms with van der Waals surface area (Å²) in [4.78, 5) is 12.3. The predicted octanol–water partition coefficient (Wildman–Crippen LogP) is 4.14. The standard InChI is InChI=1S/C19H17FN2O/c1-12-7-8-21-19(23)17-10-14-9-15(20)11-16(18(14)22(12)17)13-5-3-2-4-6-13/h2-6,9-12H,7-8H2,1H3,(H,21,23). The molecule has 1 aliphatic rings. The molecule has 0 radical (unpaired) electrons. The molecule has 3 aromatic rings. The summed E-state index contributed by atoms with van der Waals surface area (Å²) in [6, 6.07) is 14.8. The lowest BCUT2D eigenvalue weighted by Gasteiger charge is -2.17. The Kier molecular flexibility index (Phi) is 3.18. The van der Waals surface area contributed by atoms with Crippen molar-refractivity contribution in [2.75, 3.05) is 6.54 Å². The van der Waals surface area contributed by atoms with Crippen LogP contribution in [0.1, 0.15) is 29.9 Å². The van der Waals surface area contributed by atoms with Crippen molar-refractivity contribution in [3.8, 4) is 11.1 Å². The highest BCUT2D eigenvalue weighted by atomic mass is 19.1. The van der Waals surface area contributed by atoms with Crippen LogP contribution in [0.25, 0.3) is 22.0 Å². The Hall–Kier alpha value is -2.62. The SMILES string of the molecule is CC1CCNC(=O)c2cc3cc(F)cc(-c4ccccc4)c3n21. The lowest BCUT2D eigenvalue weighted by Crippen LogP contribution is -2.22. The van der Waals surface area contributed by atoms with Crippen LogP contribution >= 0.6 is 0 Å². The molecule has 1 atom stereocenters. The lowest BCUT2D eigenvalue weighted by molar-refractivity contribution is 0.0951. The third-order valence-corrected chi connectivity index (χ3v) is 4.50. The molecular formula is C19H17FN2O. The van der Waals surface area contributed by atoms with Crippen molar-refractivity contribution in [3.63, 3.8) is 0 Å². The second-order valence-corrected chi connectivity index (χ2v) is 6.05. The summed E-state index contributed by atoms with van der Waals surface area (Å²) in [6.07, 6.45) is 0.855. The topological polar surface area (TPSA) is 34.0 Å². The summed E-state index contributed by atoms with van der Waals surface area (Å²) in [7, 11) is 0. The van der Waals surface area contributed by atoms with Crippen LogP contribution in [0, 0.1) is 5.82 Å². The van der Waals surface area contributed by atoms with Crippen molar-refractivity contribution in [2.24, 2.45) is 0 Å². The Morgan fingerprint density at radius 3 is 2.74 bits per heavy atom. The molecule has 23 heavy (non-hydrogen) atoms. The second kappa shape index (κ2) is 5.23. The van der Waals surface area contributed by atoms with E-state index in [1.54, 1.807) is 12.1 Å². The summed E-state index contributed by atoms with van der Waals surface area (Å²) in [5, 5.41) is 3.68. The van der Waals surface area contributed by atoms with E-state index in [4.69, 9.17) is 0 Å². The van der Waals surface area contributed by atoms with Gasteiger partial charge in [0.25, 0.3) is 5.91 Å². The van der Waals surface area contributed by atoms with Gasteiger partial charge in [0.05, 0.1) is 5.52 Å². The molecule has 0 saturated heterocycles. The van der Waals surface area contributed by atoms with Gasteiger partial charge in [-0.3, -0.25) is 4.79 Å². The van der Waals surface area contributed by atoms with E-state index < -0.39 is 0 Å². The van der Waals surface area contributed by atoms with E-state index >= 15 is 0 Å². The monoisotopic (exact) mass is 308 g/mol. The average molecular weight is 308 g/mol. The molecule has 1 unspecified atom stereocenters. The third-order valence-electron chi connectivity index (χ3n) is 4.50. The van der Waals surface area contributed by atoms with Gasteiger partial charge in [-0.25, -0.2) is 4.39 Å². The molecule has 0 saturated carbocycles. The van der Waals surface area contributed by atoms with E-state index in [-0.39, 0.29) is 17.8 Å². The van der Waals surface area contributed by atoms with Crippen LogP contribution < -0.4 is 5.32 Å². The minimum Gasteiger partial charge on any atom is -0.351 e. The Bertz CT molecular complexity index is 899. The summed E-state index contributed by atoms with van der Waals surface area (Å²) in [5.41, 5.74) is 3.31. The van der Waals surface area contributed by atoms with E-state index in [9.17, 15) is 9.18 Å². The van der Waals surface area contributed by atoms with Crippen LogP contribution in [0.4, 0.5) is 4.39 Å². The number of halogens is 1. The third kappa shape index (κ3) is 2.22. The Labute approximate surface area is 133 Å². The summed E-state index contributed by atoms with van der Waals surface area (Å²) in [5.74, 6) is -0.379. The number of nitrogens with zero attached hydrogens (tertiary/aromatic N) is 1. The molecule has 1 aromatic heterocycles. The van der Waals surface area contributed by atoms with Crippen molar-refractivity contribution < 1.29 is 9.18 Å². The van der Waals surface area contributed by atoms with Crippen LogP contribution in [-0.2, 0) is 0 Å². The number of hydrogen-bond donors (Lipinski definition) is 1. The number of nitrogens with one attached hydrogen (secondary N) is 1. The van der Waals surface area contributed by atoms with E-state index in [2.05, 4.69) is 16.8 Å². The van der Waals surface area contributed by atoms with E-state index in [0.29, 0.717) is 12.2 Å². The number of benzene rings is 2. The summed E-state index contributed by atoms with van der Waals surface area (Å²) >= 11 is 0. The zero-order chi connectivity index (χ0) is 16.0. The molecule has 2 aromatic carbocycles. The van der Waals surface area contributed by atoms with Gasteiger partial charge in [-0.1, -0.05) is 30.3 Å². The van der Waals surface area contributed by atoms with Gasteiger partial charge in [-0.2, -0.15) is 0 Å². The van der Waals surface area contributed by atoms with E-state index in [0.717, 1.165) is 28.5 Å². The number of aromatic nitrogens is 1. The number of fused-ring (bicyclic) bond motifs is 3. The van der Waals surface area contributed by atoms with Gasteiger partial charge in [0.2, 0.25) is 0 Å². The van der Waals surface area contributed by atoms with Crippen molar-refractivity contribution >= 4 is 16.8 Å². The molecule has 116 valence electrons. The highest BCUT2D eigenvalue weighted by Crippen LogP contribution is 2.35. The highest BCUT2D eigenvalue weighted by molar-refractivity contribution is 6.03. The molecule has 2 heterocycles. The molecule has 0 bridgehead atoms. The fourth-order valence-corrected chi connectivity index (χ4v) is 3.42. The molecule has 0 fully saturated rings. The largest absolute Gasteiger partial charge is 0.351 e. The molecule has 0 spiro atoms. The minimum absolute atomic E-state index is 0.0926. The van der Waals surface area contributed by atoms with Gasteiger partial charge in [-0.15, -0.1) is 0 Å². The molecule has 4 heteroatoms. The Balaban J connectivity index is 2.09. The van der Waals surface area contributed by atoms with Crippen LogP contribution in [0.2, 0.25) is 0 Å². The highest BCUT2D eigenvalue weighted by Gasteiger charge is 2.24. The molecule has 1 N–H and O–H groups in total. The molecule has 3 nitrogen and oxygen atoms in total. The molecular weight excluding hydrogens is 291 g/mol. The van der Waals surface area contributed by atoms with Crippen molar-refractivity contribution in [1.82, 2.24) is 9.88 Å². The predicted molar refractivity (Wildman–Crippen MR) is 89.0 cm³/mol. The molecule has 1 amide bonds. The zero-order valence-electron chi connectivity index (χ0n) is 12.8. The van der Waals surface area contributed by atoms with Crippen LogP contribution in [0.15, 0.2) is 48.5 Å². The number of amides is 1. The number of carbonyl (C=O) groups excluding carboxylic acids is 1. The fraction of sp³-hybridized carbons (Fsp3) is 0.211. The second-order valence-electron chi connectivity index (χ2n) is 6.05. The molecule has 0 aliphatic carbocycles. The van der Waals surface area contributed by atoms with Crippen molar-refractivity contribution in [3.05, 3.63) is 60.0 Å². The number of carbonyl (C=O) groups is 1. The summed E-state index contributed by atoms with van der Waals surface area (Å²) < 4.78 is 16.2. The molecule has 1 aliphatic heterocycles. The summed E-state index contributed by atoms with van der Waals surface area (Å²) in [6.45, 7) is 2.76. The Morgan fingerprint density at radius 2 is 1.96 bits per heavy atom. The zero-order valence-corrected chi connectivity index (χ0v) is 12.8. The first kappa shape index (κ1) is 14.0. The van der Waals surface area contributed by atoms with Gasteiger partial charge in [-0.05, 0) is 37.1 Å². The van der Waals surface area contributed by atoms with Gasteiger partial charge >= 0.3 is 0 Å². The minimum atomic E-state index is -0.287. The smallest absolute Gasteiger partial charge is 0.267 e. The lowest BCUT2D eigenvalue weighted by atomic mass is 10.0. The van der Waals surface area contributed by atoms with Gasteiger partial charge in [0, 0.05) is 23.5 Å². The maximum absolute atomic E-state index is 14.1. The molecule has 4 rings (SSSR count). The van der Waals surface area contributed by atoms with Crippen molar-refractivity contribution in [1.29, 1.82) is 0 Å². The van der Waals surface area contributed by atoms with Gasteiger partial charge in [0.15, 0.2) is 0 Å². The van der Waals surface area contributed by atoms with E-state index in [1.807, 2.05) is 30.3 Å². The maximum atomic E-state index is 14.1. The van der Waals surface area contributed by atoms with Crippen LogP contribution in [0.5, 0.6) is 0 Å². The maximum Gasteiger partial charge on any atom is 0.267 e. The first-order valence-electron chi connectivity index (χ1n) is 7.83. The van der Waals surface area contributed by atoms with Gasteiger partial charge in [0.1, 0.15) is 11.5 Å². The van der Waals surface area contributed by atoms with Gasteiger partial charge < -0.3 is 9.88 Å². The number of hydrogen-bond acceptors (Lipinski definition) is 1. The van der Waals surface area contributed by atoms with Crippen LogP contribution in [0.3, 0.4) is 0 Å². The van der Waals surface area contributed by atoms with Crippen LogP contribution in [-0.4, -0.2) is 17.0 Å². The normalized spacial score (nSPS) is 17.7.